The summed E-state index contributed by atoms with van der Waals surface area (Å²) in [7, 11) is 0. The molecule has 2 aromatic carbocycles. The highest BCUT2D eigenvalue weighted by Gasteiger charge is 2.49. The standard InChI is InChI=1S/C23H26N4O2/c1-23(19-9-5-4-6-10-19)21(28)27(22(29)25-23)24-17-18-11-13-20(14-12-18)26-15-7-2-3-8-16-26/h4-6,9-14,17H,2-3,7-8,15-16H2,1H3,(H,25,29)/b24-17-/t23-/m0/s1. The summed E-state index contributed by atoms with van der Waals surface area (Å²) in [6.07, 6.45) is 6.62. The zero-order valence-electron chi connectivity index (χ0n) is 16.7. The average Bonchev–Trinajstić information content (AvgIpc) is 2.94. The van der Waals surface area contributed by atoms with Crippen LogP contribution in [0.4, 0.5) is 10.5 Å². The molecule has 2 aliphatic rings. The Morgan fingerprint density at radius 3 is 2.24 bits per heavy atom. The van der Waals surface area contributed by atoms with Crippen LogP contribution in [0.1, 0.15) is 43.7 Å². The summed E-state index contributed by atoms with van der Waals surface area (Å²) in [6.45, 7) is 3.88. The molecule has 0 radical (unpaired) electrons. The normalized spacial score (nSPS) is 22.8. The number of amides is 3. The highest BCUT2D eigenvalue weighted by atomic mass is 16.2. The Labute approximate surface area is 171 Å². The maximum Gasteiger partial charge on any atom is 0.346 e. The van der Waals surface area contributed by atoms with Gasteiger partial charge in [-0.05, 0) is 43.0 Å². The molecule has 2 saturated heterocycles. The van der Waals surface area contributed by atoms with Gasteiger partial charge in [-0.15, -0.1) is 5.01 Å². The van der Waals surface area contributed by atoms with E-state index in [9.17, 15) is 9.59 Å². The number of rotatable bonds is 4. The number of imide groups is 1. The number of carbonyl (C=O) groups is 2. The van der Waals surface area contributed by atoms with E-state index in [2.05, 4.69) is 27.5 Å². The second-order valence-corrected chi connectivity index (χ2v) is 7.78. The lowest BCUT2D eigenvalue weighted by Gasteiger charge is -2.22. The highest BCUT2D eigenvalue weighted by molar-refractivity contribution is 6.07. The lowest BCUT2D eigenvalue weighted by atomic mass is 9.92. The number of anilines is 1. The van der Waals surface area contributed by atoms with Crippen molar-refractivity contribution in [3.05, 3.63) is 65.7 Å². The quantitative estimate of drug-likeness (QED) is 0.637. The molecule has 150 valence electrons. The van der Waals surface area contributed by atoms with E-state index >= 15 is 0 Å². The van der Waals surface area contributed by atoms with Gasteiger partial charge < -0.3 is 10.2 Å². The van der Waals surface area contributed by atoms with Gasteiger partial charge in [-0.1, -0.05) is 55.3 Å². The highest BCUT2D eigenvalue weighted by Crippen LogP contribution is 2.28. The molecule has 2 aliphatic heterocycles. The van der Waals surface area contributed by atoms with Crippen molar-refractivity contribution >= 4 is 23.8 Å². The Kier molecular flexibility index (Phi) is 5.34. The van der Waals surface area contributed by atoms with Crippen molar-refractivity contribution in [3.63, 3.8) is 0 Å². The van der Waals surface area contributed by atoms with Crippen molar-refractivity contribution in [2.75, 3.05) is 18.0 Å². The fraction of sp³-hybridized carbons (Fsp3) is 0.348. The van der Waals surface area contributed by atoms with Crippen LogP contribution in [0.3, 0.4) is 0 Å². The Balaban J connectivity index is 1.47. The minimum atomic E-state index is -1.10. The molecule has 0 aliphatic carbocycles. The van der Waals surface area contributed by atoms with Crippen LogP contribution in [-0.4, -0.2) is 36.3 Å². The van der Waals surface area contributed by atoms with Gasteiger partial charge in [-0.25, -0.2) is 4.79 Å². The van der Waals surface area contributed by atoms with E-state index in [4.69, 9.17) is 0 Å². The van der Waals surface area contributed by atoms with Crippen LogP contribution < -0.4 is 10.2 Å². The molecule has 2 heterocycles. The third-order valence-corrected chi connectivity index (χ3v) is 5.71. The number of hydrogen-bond acceptors (Lipinski definition) is 4. The van der Waals surface area contributed by atoms with E-state index in [1.54, 1.807) is 13.1 Å². The summed E-state index contributed by atoms with van der Waals surface area (Å²) >= 11 is 0. The Hall–Kier alpha value is -3.15. The van der Waals surface area contributed by atoms with Gasteiger partial charge in [0.05, 0.1) is 6.21 Å². The fourth-order valence-corrected chi connectivity index (χ4v) is 3.92. The van der Waals surface area contributed by atoms with E-state index in [1.165, 1.54) is 31.4 Å². The lowest BCUT2D eigenvalue weighted by molar-refractivity contribution is -0.131. The van der Waals surface area contributed by atoms with Crippen LogP contribution in [0, 0.1) is 0 Å². The largest absolute Gasteiger partial charge is 0.372 e. The maximum atomic E-state index is 12.9. The van der Waals surface area contributed by atoms with Crippen molar-refractivity contribution in [2.24, 2.45) is 5.10 Å². The Bertz CT molecular complexity index is 902. The Morgan fingerprint density at radius 2 is 1.59 bits per heavy atom. The number of nitrogens with one attached hydrogen (secondary N) is 1. The topological polar surface area (TPSA) is 65.0 Å². The zero-order chi connectivity index (χ0) is 20.3. The van der Waals surface area contributed by atoms with Gasteiger partial charge in [0.1, 0.15) is 5.54 Å². The van der Waals surface area contributed by atoms with Gasteiger partial charge >= 0.3 is 6.03 Å². The SMILES string of the molecule is C[C@@]1(c2ccccc2)NC(=O)N(/N=C\c2ccc(N3CCCCCC3)cc2)C1=O. The van der Waals surface area contributed by atoms with Crippen LogP contribution in [0.5, 0.6) is 0 Å². The van der Waals surface area contributed by atoms with E-state index in [-0.39, 0.29) is 5.91 Å². The van der Waals surface area contributed by atoms with Crippen LogP contribution >= 0.6 is 0 Å². The molecule has 2 aromatic rings. The van der Waals surface area contributed by atoms with Gasteiger partial charge in [0.2, 0.25) is 0 Å². The van der Waals surface area contributed by atoms with Crippen molar-refractivity contribution < 1.29 is 9.59 Å². The molecule has 0 aromatic heterocycles. The van der Waals surface area contributed by atoms with Gasteiger partial charge in [0.25, 0.3) is 5.91 Å². The molecule has 6 heteroatoms. The summed E-state index contributed by atoms with van der Waals surface area (Å²) in [5, 5.41) is 7.84. The second kappa shape index (κ2) is 8.07. The zero-order valence-corrected chi connectivity index (χ0v) is 16.7. The molecule has 2 fully saturated rings. The van der Waals surface area contributed by atoms with Gasteiger partial charge in [0.15, 0.2) is 0 Å². The predicted molar refractivity (Wildman–Crippen MR) is 114 cm³/mol. The van der Waals surface area contributed by atoms with Crippen LogP contribution in [0.2, 0.25) is 0 Å². The molecule has 0 unspecified atom stereocenters. The van der Waals surface area contributed by atoms with Crippen LogP contribution in [-0.2, 0) is 10.3 Å². The first-order valence-electron chi connectivity index (χ1n) is 10.2. The molecule has 0 saturated carbocycles. The molecule has 4 rings (SSSR count). The van der Waals surface area contributed by atoms with Gasteiger partial charge in [-0.3, -0.25) is 4.79 Å². The van der Waals surface area contributed by atoms with Crippen LogP contribution in [0.15, 0.2) is 59.7 Å². The number of hydrazone groups is 1. The number of urea groups is 1. The predicted octanol–water partition coefficient (Wildman–Crippen LogP) is 3.87. The maximum absolute atomic E-state index is 12.9. The molecule has 3 amide bonds. The van der Waals surface area contributed by atoms with Crippen molar-refractivity contribution in [1.29, 1.82) is 0 Å². The minimum absolute atomic E-state index is 0.383. The summed E-state index contributed by atoms with van der Waals surface area (Å²) in [6, 6.07) is 16.8. The molecule has 1 N–H and O–H groups in total. The minimum Gasteiger partial charge on any atom is -0.372 e. The van der Waals surface area contributed by atoms with Crippen molar-refractivity contribution in [1.82, 2.24) is 10.3 Å². The summed E-state index contributed by atoms with van der Waals surface area (Å²) < 4.78 is 0. The third-order valence-electron chi connectivity index (χ3n) is 5.71. The van der Waals surface area contributed by atoms with Crippen molar-refractivity contribution in [2.45, 2.75) is 38.1 Å². The molecule has 0 spiro atoms. The number of carbonyl (C=O) groups excluding carboxylic acids is 2. The van der Waals surface area contributed by atoms with Crippen molar-refractivity contribution in [3.8, 4) is 0 Å². The van der Waals surface area contributed by atoms with E-state index in [0.717, 1.165) is 29.2 Å². The summed E-state index contributed by atoms with van der Waals surface area (Å²) in [5.74, 6) is -0.383. The molecular formula is C23H26N4O2. The molecule has 6 nitrogen and oxygen atoms in total. The first-order valence-corrected chi connectivity index (χ1v) is 10.2. The van der Waals surface area contributed by atoms with E-state index in [1.807, 2.05) is 42.5 Å². The molecule has 0 bridgehead atoms. The van der Waals surface area contributed by atoms with Crippen LogP contribution in [0.25, 0.3) is 0 Å². The Morgan fingerprint density at radius 1 is 0.931 bits per heavy atom. The molecular weight excluding hydrogens is 364 g/mol. The third kappa shape index (κ3) is 3.88. The first-order chi connectivity index (χ1) is 14.1. The van der Waals surface area contributed by atoms with Gasteiger partial charge in [0, 0.05) is 18.8 Å². The summed E-state index contributed by atoms with van der Waals surface area (Å²) in [5.41, 5.74) is 1.68. The smallest absolute Gasteiger partial charge is 0.346 e. The molecule has 1 atom stereocenters. The van der Waals surface area contributed by atoms with Gasteiger partial charge in [-0.2, -0.15) is 5.10 Å². The monoisotopic (exact) mass is 390 g/mol. The number of benzene rings is 2. The van der Waals surface area contributed by atoms with E-state index < -0.39 is 11.6 Å². The van der Waals surface area contributed by atoms with E-state index in [0.29, 0.717) is 0 Å². The number of nitrogens with zero attached hydrogens (tertiary/aromatic N) is 3. The average molecular weight is 390 g/mol. The first kappa shape index (κ1) is 19.2. The fourth-order valence-electron chi connectivity index (χ4n) is 3.92. The second-order valence-electron chi connectivity index (χ2n) is 7.78. The summed E-state index contributed by atoms with van der Waals surface area (Å²) in [4.78, 5) is 27.6. The lowest BCUT2D eigenvalue weighted by Crippen LogP contribution is -2.40. The number of hydrogen-bond donors (Lipinski definition) is 1. The molecule has 29 heavy (non-hydrogen) atoms.